The van der Waals surface area contributed by atoms with Crippen LogP contribution in [-0.2, 0) is 4.74 Å². The maximum atomic E-state index is 12.4. The molecule has 0 atom stereocenters. The lowest BCUT2D eigenvalue weighted by Crippen LogP contribution is -2.24. The molecule has 1 aromatic carbocycles. The Morgan fingerprint density at radius 3 is 2.56 bits per heavy atom. The van der Waals surface area contributed by atoms with Crippen LogP contribution in [0.3, 0.4) is 0 Å². The molecule has 128 valence electrons. The zero-order chi connectivity index (χ0) is 18.5. The number of methoxy groups -OCH3 is 1. The third kappa shape index (κ3) is 2.47. The molecule has 3 rings (SSSR count). The smallest absolute Gasteiger partial charge is 0.341 e. The Balaban J connectivity index is 2.36. The Labute approximate surface area is 148 Å². The summed E-state index contributed by atoms with van der Waals surface area (Å²) in [6.07, 6.45) is 0. The Kier molecular flexibility index (Phi) is 3.84. The summed E-state index contributed by atoms with van der Waals surface area (Å²) in [5, 5.41) is 12.4. The van der Waals surface area contributed by atoms with Crippen LogP contribution in [0.4, 0.5) is 5.82 Å². The number of phenolic OH excluding ortho intramolecular Hbond substituents is 1. The van der Waals surface area contributed by atoms with Gasteiger partial charge in [-0.1, -0.05) is 15.9 Å². The molecule has 0 unspecified atom stereocenters. The number of pyridine rings is 1. The van der Waals surface area contributed by atoms with Gasteiger partial charge in [-0.05, 0) is 12.1 Å². The topological polar surface area (TPSA) is 141 Å². The first kappa shape index (κ1) is 16.7. The number of carbonyl (C=O) groups is 3. The minimum Gasteiger partial charge on any atom is -0.505 e. The maximum Gasteiger partial charge on any atom is 0.341 e. The van der Waals surface area contributed by atoms with E-state index in [1.54, 1.807) is 0 Å². The van der Waals surface area contributed by atoms with Crippen LogP contribution in [0, 0.1) is 0 Å². The molecule has 0 saturated heterocycles. The second-order valence-electron chi connectivity index (χ2n) is 5.09. The Hall–Kier alpha value is -3.14. The number of amides is 2. The largest absolute Gasteiger partial charge is 0.505 e. The minimum absolute atomic E-state index is 0.146. The molecule has 0 fully saturated rings. The van der Waals surface area contributed by atoms with Gasteiger partial charge in [0.2, 0.25) is 0 Å². The van der Waals surface area contributed by atoms with E-state index in [2.05, 4.69) is 20.7 Å². The van der Waals surface area contributed by atoms with Crippen molar-refractivity contribution in [3.63, 3.8) is 0 Å². The predicted molar refractivity (Wildman–Crippen MR) is 89.0 cm³/mol. The molecular weight excluding hydrogens is 398 g/mol. The average Bonchev–Trinajstić information content (AvgIpc) is 2.83. The van der Waals surface area contributed by atoms with Crippen molar-refractivity contribution in [2.75, 3.05) is 12.8 Å². The number of rotatable bonds is 2. The van der Waals surface area contributed by atoms with Gasteiger partial charge in [-0.2, -0.15) is 0 Å². The van der Waals surface area contributed by atoms with Crippen LogP contribution < -0.4 is 16.6 Å². The summed E-state index contributed by atoms with van der Waals surface area (Å²) in [5.41, 5.74) is 4.47. The fourth-order valence-electron chi connectivity index (χ4n) is 2.55. The lowest BCUT2D eigenvalue weighted by molar-refractivity contribution is 0.0596. The van der Waals surface area contributed by atoms with E-state index in [1.165, 1.54) is 12.1 Å². The van der Waals surface area contributed by atoms with E-state index in [4.69, 9.17) is 5.73 Å². The van der Waals surface area contributed by atoms with Crippen LogP contribution in [0.5, 0.6) is 5.75 Å². The fraction of sp³-hybridized carbons (Fsp3) is 0.0667. The standard InChI is InChI=1S/C15H10BrN3O6/c1-25-15(24)7-2-5(16)3-8(11(7)21)19-9(20)4-6-10(12(19)17)14(23)18-13(6)22/h2-4,21H,17H2,1H3,(H,18,22,23). The SMILES string of the molecule is COC(=O)c1cc(Br)cc(-n2c(N)c3c(cc2=O)C(=O)NC3=O)c1O. The molecule has 4 N–H and O–H groups in total. The first-order chi connectivity index (χ1) is 11.8. The normalized spacial score (nSPS) is 12.7. The minimum atomic E-state index is -0.833. The molecule has 25 heavy (non-hydrogen) atoms. The first-order valence-electron chi connectivity index (χ1n) is 6.78. The number of esters is 1. The quantitative estimate of drug-likeness (QED) is 0.487. The zero-order valence-corrected chi connectivity index (χ0v) is 14.2. The van der Waals surface area contributed by atoms with Gasteiger partial charge in [0.25, 0.3) is 17.4 Å². The predicted octanol–water partition coefficient (Wildman–Crippen LogP) is 0.558. The number of nitrogens with two attached hydrogens (primary N) is 1. The summed E-state index contributed by atoms with van der Waals surface area (Å²) >= 11 is 3.17. The fourth-order valence-corrected chi connectivity index (χ4v) is 2.99. The van der Waals surface area contributed by atoms with Gasteiger partial charge in [-0.15, -0.1) is 0 Å². The van der Waals surface area contributed by atoms with Crippen molar-refractivity contribution in [3.05, 3.63) is 49.7 Å². The number of nitrogens with zero attached hydrogens (tertiary/aromatic N) is 1. The first-order valence-corrected chi connectivity index (χ1v) is 7.58. The van der Waals surface area contributed by atoms with Crippen molar-refractivity contribution in [2.24, 2.45) is 0 Å². The van der Waals surface area contributed by atoms with Crippen LogP contribution in [0.2, 0.25) is 0 Å². The molecule has 0 saturated carbocycles. The molecule has 0 bridgehead atoms. The second kappa shape index (κ2) is 5.74. The number of anilines is 1. The van der Waals surface area contributed by atoms with E-state index in [0.717, 1.165) is 17.7 Å². The molecule has 0 aliphatic carbocycles. The van der Waals surface area contributed by atoms with Crippen LogP contribution >= 0.6 is 15.9 Å². The highest BCUT2D eigenvalue weighted by atomic mass is 79.9. The van der Waals surface area contributed by atoms with Crippen molar-refractivity contribution in [1.82, 2.24) is 9.88 Å². The van der Waals surface area contributed by atoms with Crippen LogP contribution in [0.25, 0.3) is 5.69 Å². The number of aromatic hydroxyl groups is 1. The van der Waals surface area contributed by atoms with Gasteiger partial charge in [0.1, 0.15) is 11.4 Å². The monoisotopic (exact) mass is 407 g/mol. The van der Waals surface area contributed by atoms with Gasteiger partial charge in [0.15, 0.2) is 5.75 Å². The number of phenols is 1. The molecule has 10 heteroatoms. The van der Waals surface area contributed by atoms with Crippen molar-refractivity contribution < 1.29 is 24.2 Å². The molecule has 1 aliphatic rings. The average molecular weight is 408 g/mol. The number of nitrogen functional groups attached to an aromatic ring is 1. The van der Waals surface area contributed by atoms with Gasteiger partial charge < -0.3 is 15.6 Å². The van der Waals surface area contributed by atoms with E-state index in [0.29, 0.717) is 4.47 Å². The molecule has 2 heterocycles. The number of hydrogen-bond donors (Lipinski definition) is 3. The molecule has 9 nitrogen and oxygen atoms in total. The molecule has 0 radical (unpaired) electrons. The van der Waals surface area contributed by atoms with E-state index in [9.17, 15) is 24.3 Å². The van der Waals surface area contributed by atoms with Crippen molar-refractivity contribution in [1.29, 1.82) is 0 Å². The lowest BCUT2D eigenvalue weighted by Gasteiger charge is -2.15. The number of nitrogens with one attached hydrogen (secondary N) is 1. The zero-order valence-electron chi connectivity index (χ0n) is 12.6. The highest BCUT2D eigenvalue weighted by Crippen LogP contribution is 2.33. The van der Waals surface area contributed by atoms with Crippen LogP contribution in [0.1, 0.15) is 31.1 Å². The maximum absolute atomic E-state index is 12.4. The lowest BCUT2D eigenvalue weighted by atomic mass is 10.1. The van der Waals surface area contributed by atoms with E-state index in [1.807, 2.05) is 5.32 Å². The van der Waals surface area contributed by atoms with Crippen LogP contribution in [0.15, 0.2) is 27.5 Å². The Morgan fingerprint density at radius 2 is 1.92 bits per heavy atom. The Bertz CT molecular complexity index is 1030. The highest BCUT2D eigenvalue weighted by Gasteiger charge is 2.32. The van der Waals surface area contributed by atoms with Gasteiger partial charge in [0.05, 0.1) is 23.9 Å². The highest BCUT2D eigenvalue weighted by molar-refractivity contribution is 9.10. The molecule has 1 aliphatic heterocycles. The second-order valence-corrected chi connectivity index (χ2v) is 6.00. The molecule has 2 amide bonds. The summed E-state index contributed by atoms with van der Waals surface area (Å²) in [7, 11) is 1.13. The summed E-state index contributed by atoms with van der Waals surface area (Å²) in [6.45, 7) is 0. The van der Waals surface area contributed by atoms with Gasteiger partial charge >= 0.3 is 5.97 Å². The number of imide groups is 1. The number of hydrogen-bond acceptors (Lipinski definition) is 7. The summed E-state index contributed by atoms with van der Waals surface area (Å²) < 4.78 is 5.77. The van der Waals surface area contributed by atoms with E-state index in [-0.39, 0.29) is 28.2 Å². The van der Waals surface area contributed by atoms with E-state index < -0.39 is 29.1 Å². The van der Waals surface area contributed by atoms with Crippen molar-refractivity contribution >= 4 is 39.5 Å². The van der Waals surface area contributed by atoms with Gasteiger partial charge in [-0.25, -0.2) is 4.79 Å². The number of benzene rings is 1. The number of ether oxygens (including phenoxy) is 1. The molecule has 1 aromatic heterocycles. The molecular formula is C15H10BrN3O6. The molecule has 0 spiro atoms. The summed E-state index contributed by atoms with van der Waals surface area (Å²) in [4.78, 5) is 47.8. The molecule has 2 aromatic rings. The number of carbonyl (C=O) groups excluding carboxylic acids is 3. The third-order valence-corrected chi connectivity index (χ3v) is 4.11. The van der Waals surface area contributed by atoms with Crippen LogP contribution in [-0.4, -0.2) is 34.6 Å². The summed E-state index contributed by atoms with van der Waals surface area (Å²) in [6, 6.07) is 3.57. The third-order valence-electron chi connectivity index (χ3n) is 3.65. The number of halogens is 1. The van der Waals surface area contributed by atoms with Crippen molar-refractivity contribution in [3.8, 4) is 11.4 Å². The number of fused-ring (bicyclic) bond motifs is 1. The van der Waals surface area contributed by atoms with E-state index >= 15 is 0 Å². The Morgan fingerprint density at radius 1 is 1.24 bits per heavy atom. The van der Waals surface area contributed by atoms with Gasteiger partial charge in [0, 0.05) is 10.5 Å². The number of aromatic nitrogens is 1. The summed E-state index contributed by atoms with van der Waals surface area (Å²) in [5.74, 6) is -3.22. The van der Waals surface area contributed by atoms with Gasteiger partial charge in [-0.3, -0.25) is 24.3 Å². The van der Waals surface area contributed by atoms with Crippen molar-refractivity contribution in [2.45, 2.75) is 0 Å².